The first kappa shape index (κ1) is 13.0. The highest BCUT2D eigenvalue weighted by molar-refractivity contribution is 7.92. The molecule has 0 amide bonds. The van der Waals surface area contributed by atoms with Gasteiger partial charge in [0.2, 0.25) is 10.0 Å². The van der Waals surface area contributed by atoms with Crippen LogP contribution < -0.4 is 4.72 Å². The smallest absolute Gasteiger partial charge is 0.232 e. The van der Waals surface area contributed by atoms with Crippen LogP contribution in [-0.2, 0) is 10.0 Å². The second-order valence-corrected chi connectivity index (χ2v) is 5.93. The van der Waals surface area contributed by atoms with Crippen LogP contribution in [0.4, 0.5) is 5.69 Å². The van der Waals surface area contributed by atoms with E-state index >= 15 is 0 Å². The first-order valence-corrected chi connectivity index (χ1v) is 7.17. The highest BCUT2D eigenvalue weighted by Crippen LogP contribution is 2.17. The summed E-state index contributed by atoms with van der Waals surface area (Å²) in [5.41, 5.74) is 2.77. The minimum atomic E-state index is -3.18. The zero-order valence-corrected chi connectivity index (χ0v) is 10.9. The lowest BCUT2D eigenvalue weighted by Crippen LogP contribution is -2.17. The minimum Gasteiger partial charge on any atom is -0.283 e. The van der Waals surface area contributed by atoms with E-state index in [2.05, 4.69) is 4.72 Å². The van der Waals surface area contributed by atoms with E-state index < -0.39 is 10.0 Å². The SMILES string of the molecule is CCCCS(=O)(=O)Nc1ccc(C)cc1C. The first-order chi connectivity index (χ1) is 7.44. The molecule has 4 heteroatoms. The molecule has 0 bridgehead atoms. The Morgan fingerprint density at radius 3 is 2.50 bits per heavy atom. The molecule has 1 aromatic carbocycles. The quantitative estimate of drug-likeness (QED) is 0.861. The number of aryl methyl sites for hydroxylation is 2. The molecule has 0 aliphatic carbocycles. The number of rotatable bonds is 5. The third-order valence-corrected chi connectivity index (χ3v) is 3.77. The Morgan fingerprint density at radius 2 is 1.94 bits per heavy atom. The van der Waals surface area contributed by atoms with Gasteiger partial charge in [0.25, 0.3) is 0 Å². The Morgan fingerprint density at radius 1 is 1.25 bits per heavy atom. The van der Waals surface area contributed by atoms with Crippen LogP contribution >= 0.6 is 0 Å². The zero-order chi connectivity index (χ0) is 12.2. The van der Waals surface area contributed by atoms with Gasteiger partial charge in [0.15, 0.2) is 0 Å². The largest absolute Gasteiger partial charge is 0.283 e. The number of sulfonamides is 1. The van der Waals surface area contributed by atoms with Crippen molar-refractivity contribution in [3.63, 3.8) is 0 Å². The molecule has 3 nitrogen and oxygen atoms in total. The third-order valence-electron chi connectivity index (χ3n) is 2.41. The maximum atomic E-state index is 11.7. The Balaban J connectivity index is 2.80. The molecular formula is C12H19NO2S. The molecule has 0 atom stereocenters. The minimum absolute atomic E-state index is 0.191. The van der Waals surface area contributed by atoms with E-state index in [4.69, 9.17) is 0 Å². The fourth-order valence-electron chi connectivity index (χ4n) is 1.48. The molecule has 0 radical (unpaired) electrons. The van der Waals surface area contributed by atoms with E-state index in [1.54, 1.807) is 0 Å². The lowest BCUT2D eigenvalue weighted by molar-refractivity contribution is 0.598. The molecule has 1 rings (SSSR count). The van der Waals surface area contributed by atoms with Crippen LogP contribution in [-0.4, -0.2) is 14.2 Å². The van der Waals surface area contributed by atoms with Gasteiger partial charge >= 0.3 is 0 Å². The Labute approximate surface area is 97.9 Å². The number of anilines is 1. The molecule has 1 N–H and O–H groups in total. The number of unbranched alkanes of at least 4 members (excludes halogenated alkanes) is 1. The number of hydrogen-bond acceptors (Lipinski definition) is 2. The molecule has 90 valence electrons. The van der Waals surface area contributed by atoms with Gasteiger partial charge in [-0.3, -0.25) is 4.72 Å². The van der Waals surface area contributed by atoms with Crippen LogP contribution in [0.3, 0.4) is 0 Å². The van der Waals surface area contributed by atoms with Gasteiger partial charge in [-0.2, -0.15) is 0 Å². The molecule has 0 aliphatic heterocycles. The van der Waals surface area contributed by atoms with Crippen molar-refractivity contribution >= 4 is 15.7 Å². The first-order valence-electron chi connectivity index (χ1n) is 5.52. The standard InChI is InChI=1S/C12H19NO2S/c1-4-5-8-16(14,15)13-12-7-6-10(2)9-11(12)3/h6-7,9,13H,4-5,8H2,1-3H3. The van der Waals surface area contributed by atoms with Crippen LogP contribution in [0.15, 0.2) is 18.2 Å². The molecule has 16 heavy (non-hydrogen) atoms. The van der Waals surface area contributed by atoms with Gasteiger partial charge in [0, 0.05) is 0 Å². The van der Waals surface area contributed by atoms with E-state index in [1.165, 1.54) is 0 Å². The third kappa shape index (κ3) is 3.85. The van der Waals surface area contributed by atoms with Crippen molar-refractivity contribution in [2.24, 2.45) is 0 Å². The molecule has 0 aliphatic rings. The molecule has 1 aromatic rings. The maximum Gasteiger partial charge on any atom is 0.232 e. The fourth-order valence-corrected chi connectivity index (χ4v) is 2.82. The fraction of sp³-hybridized carbons (Fsp3) is 0.500. The maximum absolute atomic E-state index is 11.7. The monoisotopic (exact) mass is 241 g/mol. The van der Waals surface area contributed by atoms with Gasteiger partial charge in [-0.15, -0.1) is 0 Å². The van der Waals surface area contributed by atoms with Gasteiger partial charge in [-0.1, -0.05) is 31.0 Å². The van der Waals surface area contributed by atoms with Crippen molar-refractivity contribution in [3.05, 3.63) is 29.3 Å². The molecule has 0 saturated heterocycles. The lowest BCUT2D eigenvalue weighted by Gasteiger charge is -2.10. The van der Waals surface area contributed by atoms with Crippen molar-refractivity contribution in [2.45, 2.75) is 33.6 Å². The molecular weight excluding hydrogens is 222 g/mol. The van der Waals surface area contributed by atoms with Crippen LogP contribution in [0, 0.1) is 13.8 Å². The van der Waals surface area contributed by atoms with Gasteiger partial charge in [0.05, 0.1) is 11.4 Å². The number of hydrogen-bond donors (Lipinski definition) is 1. The van der Waals surface area contributed by atoms with Crippen molar-refractivity contribution in [1.82, 2.24) is 0 Å². The normalized spacial score (nSPS) is 11.4. The Hall–Kier alpha value is -1.03. The van der Waals surface area contributed by atoms with Crippen molar-refractivity contribution in [3.8, 4) is 0 Å². The van der Waals surface area contributed by atoms with Crippen LogP contribution in [0.25, 0.3) is 0 Å². The molecule has 0 unspecified atom stereocenters. The Kier molecular flexibility index (Phi) is 4.35. The predicted octanol–water partition coefficient (Wildman–Crippen LogP) is 2.85. The number of benzene rings is 1. The summed E-state index contributed by atoms with van der Waals surface area (Å²) in [4.78, 5) is 0. The second-order valence-electron chi connectivity index (χ2n) is 4.09. The van der Waals surface area contributed by atoms with Crippen molar-refractivity contribution < 1.29 is 8.42 Å². The predicted molar refractivity (Wildman–Crippen MR) is 68.2 cm³/mol. The van der Waals surface area contributed by atoms with E-state index in [0.717, 1.165) is 17.5 Å². The molecule has 0 heterocycles. The number of nitrogens with one attached hydrogen (secondary N) is 1. The Bertz CT molecular complexity index is 452. The summed E-state index contributed by atoms with van der Waals surface area (Å²) in [6.45, 7) is 5.87. The van der Waals surface area contributed by atoms with E-state index in [1.807, 2.05) is 39.0 Å². The molecule has 0 fully saturated rings. The second kappa shape index (κ2) is 5.34. The molecule has 0 spiro atoms. The van der Waals surface area contributed by atoms with Gasteiger partial charge < -0.3 is 0 Å². The highest BCUT2D eigenvalue weighted by Gasteiger charge is 2.10. The summed E-state index contributed by atoms with van der Waals surface area (Å²) in [6.07, 6.45) is 1.58. The summed E-state index contributed by atoms with van der Waals surface area (Å²) in [7, 11) is -3.18. The zero-order valence-electron chi connectivity index (χ0n) is 10.1. The highest BCUT2D eigenvalue weighted by atomic mass is 32.2. The summed E-state index contributed by atoms with van der Waals surface area (Å²) < 4.78 is 26.0. The lowest BCUT2D eigenvalue weighted by atomic mass is 10.1. The van der Waals surface area contributed by atoms with Gasteiger partial charge in [-0.05, 0) is 31.9 Å². The van der Waals surface area contributed by atoms with Crippen LogP contribution in [0.2, 0.25) is 0 Å². The summed E-state index contributed by atoms with van der Waals surface area (Å²) in [5, 5.41) is 0. The summed E-state index contributed by atoms with van der Waals surface area (Å²) in [5.74, 6) is 0.191. The van der Waals surface area contributed by atoms with Crippen molar-refractivity contribution in [1.29, 1.82) is 0 Å². The average molecular weight is 241 g/mol. The topological polar surface area (TPSA) is 46.2 Å². The van der Waals surface area contributed by atoms with E-state index in [0.29, 0.717) is 12.1 Å². The van der Waals surface area contributed by atoms with Crippen LogP contribution in [0.5, 0.6) is 0 Å². The summed E-state index contributed by atoms with van der Waals surface area (Å²) >= 11 is 0. The van der Waals surface area contributed by atoms with Crippen LogP contribution in [0.1, 0.15) is 30.9 Å². The van der Waals surface area contributed by atoms with E-state index in [9.17, 15) is 8.42 Å². The summed E-state index contributed by atoms with van der Waals surface area (Å²) in [6, 6.07) is 5.69. The molecule has 0 saturated carbocycles. The van der Waals surface area contributed by atoms with Gasteiger partial charge in [-0.25, -0.2) is 8.42 Å². The van der Waals surface area contributed by atoms with E-state index in [-0.39, 0.29) is 5.75 Å². The molecule has 0 aromatic heterocycles. The van der Waals surface area contributed by atoms with Crippen molar-refractivity contribution in [2.75, 3.05) is 10.5 Å². The average Bonchev–Trinajstić information content (AvgIpc) is 2.19. The van der Waals surface area contributed by atoms with Gasteiger partial charge in [0.1, 0.15) is 0 Å².